The maximum atomic E-state index is 14.2. The number of methoxy groups -OCH3 is 1. The number of carbonyl (C=O) groups is 1. The molecule has 0 fully saturated rings. The molecule has 0 saturated heterocycles. The van der Waals surface area contributed by atoms with Crippen molar-refractivity contribution in [1.29, 1.82) is 0 Å². The summed E-state index contributed by atoms with van der Waals surface area (Å²) in [5.74, 6) is 1.68. The molecule has 1 aliphatic heterocycles. The number of halogens is 3. The lowest BCUT2D eigenvalue weighted by atomic mass is 10.1. The number of ether oxygens (including phenoxy) is 1. The van der Waals surface area contributed by atoms with Crippen molar-refractivity contribution in [2.45, 2.75) is 12.6 Å². The van der Waals surface area contributed by atoms with Gasteiger partial charge in [-0.1, -0.05) is 24.3 Å². The van der Waals surface area contributed by atoms with Crippen LogP contribution < -0.4 is 15.5 Å². The molecule has 0 atom stereocenters. The van der Waals surface area contributed by atoms with Crippen molar-refractivity contribution in [3.63, 3.8) is 0 Å². The first-order chi connectivity index (χ1) is 18.3. The first-order valence-corrected chi connectivity index (χ1v) is 11.6. The molecule has 0 spiro atoms. The molecule has 5 aromatic rings. The number of hydrogen-bond donors (Lipinski definition) is 1. The van der Waals surface area contributed by atoms with Crippen LogP contribution in [0.5, 0.6) is 5.75 Å². The number of nitrogens with zero attached hydrogens (tertiary/aromatic N) is 1. The Balaban J connectivity index is 1.35. The Morgan fingerprint density at radius 2 is 1.66 bits per heavy atom. The standard InChI is InChI=1S/C29H19F3N2O4/c1-36-19-8-6-18(7-9-19)25-13-21-27(38-25)15-23(34-21)28(29(30,31)32)22-14-26-20(33-22)12-24(37-26)17-4-2-16(3-5-17)10-11-35/h2-9,11-15,34H,10H2,1H3/b28-22+. The zero-order valence-corrected chi connectivity index (χ0v) is 19.9. The van der Waals surface area contributed by atoms with Crippen LogP contribution in [0.15, 0.2) is 86.3 Å². The Kier molecular flexibility index (Phi) is 5.56. The van der Waals surface area contributed by atoms with Crippen LogP contribution in [0.1, 0.15) is 11.3 Å². The van der Waals surface area contributed by atoms with Crippen LogP contribution in [-0.2, 0) is 11.2 Å². The fourth-order valence-corrected chi connectivity index (χ4v) is 4.43. The molecular formula is C29H19F3N2O4. The van der Waals surface area contributed by atoms with E-state index in [1.165, 1.54) is 12.1 Å². The summed E-state index contributed by atoms with van der Waals surface area (Å²) in [4.78, 5) is 17.7. The first kappa shape index (κ1) is 23.6. The molecular weight excluding hydrogens is 497 g/mol. The summed E-state index contributed by atoms with van der Waals surface area (Å²) in [5, 5.41) is 0.311. The van der Waals surface area contributed by atoms with E-state index in [1.807, 2.05) is 12.1 Å². The Bertz CT molecular complexity index is 1750. The lowest BCUT2D eigenvalue weighted by molar-refractivity contribution is -0.107. The summed E-state index contributed by atoms with van der Waals surface area (Å²) in [7, 11) is 1.56. The third-order valence-electron chi connectivity index (χ3n) is 6.30. The van der Waals surface area contributed by atoms with Gasteiger partial charge in [-0.15, -0.1) is 0 Å². The predicted molar refractivity (Wildman–Crippen MR) is 135 cm³/mol. The highest BCUT2D eigenvalue weighted by atomic mass is 19.4. The SMILES string of the molecule is COc1ccc(-c2cc3[nH]c(/C(=C4/C=c5oc(-c6ccc(CC=O)cc6)cc5=N4)C(F)(F)F)cc3o2)cc1. The molecule has 2 aromatic carbocycles. The molecule has 4 heterocycles. The highest BCUT2D eigenvalue weighted by Crippen LogP contribution is 2.39. The van der Waals surface area contributed by atoms with Crippen molar-refractivity contribution in [1.82, 2.24) is 4.98 Å². The van der Waals surface area contributed by atoms with Gasteiger partial charge in [-0.25, -0.2) is 4.99 Å². The third-order valence-corrected chi connectivity index (χ3v) is 6.30. The number of fused-ring (bicyclic) bond motifs is 2. The smallest absolute Gasteiger partial charge is 0.420 e. The van der Waals surface area contributed by atoms with E-state index in [0.717, 1.165) is 23.0 Å². The van der Waals surface area contributed by atoms with Crippen LogP contribution in [0.25, 0.3) is 45.4 Å². The van der Waals surface area contributed by atoms with Crippen LogP contribution in [0.2, 0.25) is 0 Å². The van der Waals surface area contributed by atoms with Gasteiger partial charge in [-0.2, -0.15) is 13.2 Å². The van der Waals surface area contributed by atoms with E-state index >= 15 is 0 Å². The van der Waals surface area contributed by atoms with Gasteiger partial charge in [-0.05, 0) is 29.8 Å². The Labute approximate surface area is 213 Å². The number of hydrogen-bond acceptors (Lipinski definition) is 5. The summed E-state index contributed by atoms with van der Waals surface area (Å²) < 4.78 is 59.5. The number of furan rings is 2. The normalized spacial score (nSPS) is 14.2. The van der Waals surface area contributed by atoms with Gasteiger partial charge < -0.3 is 23.3 Å². The highest BCUT2D eigenvalue weighted by molar-refractivity contribution is 5.88. The Morgan fingerprint density at radius 3 is 2.26 bits per heavy atom. The molecule has 0 amide bonds. The van der Waals surface area contributed by atoms with Gasteiger partial charge in [0.2, 0.25) is 0 Å². The number of carbonyl (C=O) groups excluding carboxylic acids is 1. The topological polar surface area (TPSA) is 80.7 Å². The van der Waals surface area contributed by atoms with Crippen LogP contribution in [-0.4, -0.2) is 24.6 Å². The monoisotopic (exact) mass is 516 g/mol. The molecule has 6 rings (SSSR count). The Morgan fingerprint density at radius 1 is 0.974 bits per heavy atom. The van der Waals surface area contributed by atoms with Gasteiger partial charge in [0.15, 0.2) is 11.0 Å². The van der Waals surface area contributed by atoms with E-state index in [-0.39, 0.29) is 16.8 Å². The average Bonchev–Trinajstić information content (AvgIpc) is 3.64. The number of aromatic nitrogens is 1. The molecule has 0 radical (unpaired) electrons. The lowest BCUT2D eigenvalue weighted by Gasteiger charge is -2.11. The van der Waals surface area contributed by atoms with Gasteiger partial charge >= 0.3 is 6.18 Å². The number of aromatic amines is 1. The molecule has 0 unspecified atom stereocenters. The average molecular weight is 516 g/mol. The number of aldehydes is 1. The molecule has 1 aliphatic rings. The zero-order chi connectivity index (χ0) is 26.4. The van der Waals surface area contributed by atoms with E-state index in [1.54, 1.807) is 55.6 Å². The molecule has 38 heavy (non-hydrogen) atoms. The van der Waals surface area contributed by atoms with Crippen LogP contribution in [0, 0.1) is 0 Å². The first-order valence-electron chi connectivity index (χ1n) is 11.6. The molecule has 190 valence electrons. The van der Waals surface area contributed by atoms with Crippen molar-refractivity contribution in [3.05, 3.63) is 94.5 Å². The van der Waals surface area contributed by atoms with E-state index < -0.39 is 11.7 Å². The van der Waals surface area contributed by atoms with E-state index in [2.05, 4.69) is 9.98 Å². The lowest BCUT2D eigenvalue weighted by Crippen LogP contribution is -2.14. The van der Waals surface area contributed by atoms with Crippen LogP contribution >= 0.6 is 0 Å². The molecule has 9 heteroatoms. The molecule has 6 nitrogen and oxygen atoms in total. The van der Waals surface area contributed by atoms with Gasteiger partial charge in [0.1, 0.15) is 34.5 Å². The number of rotatable bonds is 6. The van der Waals surface area contributed by atoms with E-state index in [4.69, 9.17) is 13.6 Å². The summed E-state index contributed by atoms with van der Waals surface area (Å²) in [6.45, 7) is 0. The number of nitrogens with one attached hydrogen (secondary N) is 1. The summed E-state index contributed by atoms with van der Waals surface area (Å²) in [6.07, 6.45) is -2.28. The minimum atomic E-state index is -4.68. The quantitative estimate of drug-likeness (QED) is 0.288. The summed E-state index contributed by atoms with van der Waals surface area (Å²) in [6, 6.07) is 18.9. The largest absolute Gasteiger partial charge is 0.497 e. The zero-order valence-electron chi connectivity index (χ0n) is 19.9. The van der Waals surface area contributed by atoms with Crippen molar-refractivity contribution in [2.75, 3.05) is 7.11 Å². The van der Waals surface area contributed by atoms with Crippen molar-refractivity contribution >= 4 is 29.0 Å². The third kappa shape index (κ3) is 4.21. The van der Waals surface area contributed by atoms with E-state index in [9.17, 15) is 18.0 Å². The number of alkyl halides is 3. The second kappa shape index (κ2) is 8.95. The van der Waals surface area contributed by atoms with E-state index in [0.29, 0.717) is 40.1 Å². The van der Waals surface area contributed by atoms with Crippen molar-refractivity contribution < 1.29 is 31.5 Å². The van der Waals surface area contributed by atoms with Crippen molar-refractivity contribution in [3.8, 4) is 28.4 Å². The summed E-state index contributed by atoms with van der Waals surface area (Å²) in [5.41, 5.74) is 2.00. The predicted octanol–water partition coefficient (Wildman–Crippen LogP) is 5.83. The number of H-pyrrole nitrogens is 1. The molecule has 1 N–H and O–H groups in total. The molecule has 0 aliphatic carbocycles. The second-order valence-electron chi connectivity index (χ2n) is 8.74. The van der Waals surface area contributed by atoms with Crippen molar-refractivity contribution in [2.24, 2.45) is 4.99 Å². The highest BCUT2D eigenvalue weighted by Gasteiger charge is 2.39. The molecule has 0 saturated carbocycles. The maximum Gasteiger partial charge on any atom is 0.420 e. The number of benzene rings is 2. The number of allylic oxidation sites excluding steroid dienone is 2. The van der Waals surface area contributed by atoms with Gasteiger partial charge in [-0.3, -0.25) is 0 Å². The molecule has 3 aromatic heterocycles. The maximum absolute atomic E-state index is 14.2. The second-order valence-corrected chi connectivity index (χ2v) is 8.74. The minimum Gasteiger partial charge on any atom is -0.497 e. The van der Waals surface area contributed by atoms with Gasteiger partial charge in [0.25, 0.3) is 0 Å². The fraction of sp³-hybridized carbons (Fsp3) is 0.103. The Hall–Kier alpha value is -4.79. The van der Waals surface area contributed by atoms with Crippen LogP contribution in [0.4, 0.5) is 13.2 Å². The van der Waals surface area contributed by atoms with Gasteiger partial charge in [0, 0.05) is 41.8 Å². The molecule has 0 bridgehead atoms. The van der Waals surface area contributed by atoms with Crippen LogP contribution in [0.3, 0.4) is 0 Å². The summed E-state index contributed by atoms with van der Waals surface area (Å²) >= 11 is 0. The van der Waals surface area contributed by atoms with Gasteiger partial charge in [0.05, 0.1) is 24.0 Å². The minimum absolute atomic E-state index is 0.154. The fourth-order valence-electron chi connectivity index (χ4n) is 4.43.